The quantitative estimate of drug-likeness (QED) is 0.0157. The Morgan fingerprint density at radius 3 is 1.35 bits per heavy atom. The van der Waals surface area contributed by atoms with Gasteiger partial charge in [0.05, 0.1) is 26.2 Å². The number of phenols is 1. The number of fused-ring (bicyclic) bond motifs is 1. The Labute approximate surface area is 468 Å². The predicted octanol–water partition coefficient (Wildman–Crippen LogP) is -10.7. The lowest BCUT2D eigenvalue weighted by Gasteiger charge is -2.28. The van der Waals surface area contributed by atoms with Crippen LogP contribution in [0.2, 0.25) is 0 Å². The van der Waals surface area contributed by atoms with Crippen molar-refractivity contribution in [1.82, 2.24) is 68.3 Å². The Balaban J connectivity index is 1.86. The number of rotatable bonds is 32. The van der Waals surface area contributed by atoms with Crippen molar-refractivity contribution in [3.8, 4) is 5.75 Å². The van der Waals surface area contributed by atoms with Crippen LogP contribution in [0.25, 0.3) is 10.8 Å². The first-order chi connectivity index (χ1) is 38.9. The van der Waals surface area contributed by atoms with Crippen LogP contribution in [-0.2, 0) is 59.2 Å². The van der Waals surface area contributed by atoms with Crippen molar-refractivity contribution in [2.45, 2.75) is 49.5 Å². The first kappa shape index (κ1) is 66.3. The van der Waals surface area contributed by atoms with Crippen molar-refractivity contribution in [2.24, 2.45) is 34.4 Å². The first-order valence-electron chi connectivity index (χ1n) is 23.9. The Bertz CT molecular complexity index is 2950. The molecule has 448 valence electrons. The normalized spacial score (nSPS) is 13.3. The standard InChI is InChI=1S/C45H63N23O15/c46-29(30(47)76)58-36(78)31(63-42(48)49)60-38(80)33(65-44(52)53)62-39(81)34(66-45(54)55)61-37(79)32(64-43(50)51)59-35(77)28(20-7-2-1-3-8-20)57-41(83)40(82)56-25(71)16-67(12-13-68(17-26(72)73)18-27(74)75)15-21(69)14-23-22-9-5-4-6-19(22)10-11-24(23)70/h1-11,28-29,31-34,40,70,82H,12-18,46H2,(H2,47,76)(H,56,71)(H,57,83)(H,58,78)(H,59,77)(H,60,80)(H,61,79)(H,62,81)(H,72,73)(H,74,75)(H4,48,49,63)(H4,50,51,64)(H4,52,53,65)(H4,54,55,66). The number of amides is 8. The second-order valence-corrected chi connectivity index (χ2v) is 17.4. The van der Waals surface area contributed by atoms with Crippen LogP contribution in [0.5, 0.6) is 5.75 Å². The van der Waals surface area contributed by atoms with E-state index in [4.69, 9.17) is 56.0 Å². The summed E-state index contributed by atoms with van der Waals surface area (Å²) in [4.78, 5) is 145. The fourth-order valence-electron chi connectivity index (χ4n) is 7.24. The largest absolute Gasteiger partial charge is 0.508 e. The van der Waals surface area contributed by atoms with E-state index in [1.165, 1.54) is 36.4 Å². The van der Waals surface area contributed by atoms with Gasteiger partial charge in [-0.25, -0.2) is 0 Å². The number of hydrogen-bond donors (Lipinski definition) is 25. The van der Waals surface area contributed by atoms with Gasteiger partial charge in [-0.1, -0.05) is 60.7 Å². The number of ketones is 1. The second-order valence-electron chi connectivity index (χ2n) is 17.4. The number of carboxylic acids is 2. The molecule has 3 rings (SSSR count). The molecule has 0 aliphatic carbocycles. The third kappa shape index (κ3) is 22.7. The van der Waals surface area contributed by atoms with Gasteiger partial charge in [-0.05, 0) is 22.4 Å². The minimum absolute atomic E-state index is 0.0419. The number of primary amides is 1. The van der Waals surface area contributed by atoms with Crippen LogP contribution in [0.15, 0.2) is 66.7 Å². The number of guanidine groups is 4. The smallest absolute Gasteiger partial charge is 0.317 e. The molecule has 8 amide bonds. The number of aromatic hydroxyl groups is 1. The van der Waals surface area contributed by atoms with Gasteiger partial charge in [0.2, 0.25) is 18.0 Å². The topological polar surface area (TPSA) is 659 Å². The Morgan fingerprint density at radius 1 is 0.482 bits per heavy atom. The summed E-state index contributed by atoms with van der Waals surface area (Å²) in [6.07, 6.45) is -13.3. The summed E-state index contributed by atoms with van der Waals surface area (Å²) in [5, 5.41) is 94.6. The zero-order chi connectivity index (χ0) is 62.2. The van der Waals surface area contributed by atoms with Gasteiger partial charge in [0.1, 0.15) is 11.8 Å². The van der Waals surface area contributed by atoms with Crippen molar-refractivity contribution >= 4 is 99.6 Å². The SMILES string of the molecule is N=C(N)NC(NC(=O)C(NC(=N)N)NC(=O)C(NC(=N)N)NC(=O)C(NC(=N)N)NC(=O)C(NC(=O)C(O)NC(=O)CN(CCN(CC(=O)O)CC(=O)O)CC(=O)Cc1c(O)ccc2ccccc12)c1ccccc1)C(=O)NC(N)C(N)=O. The van der Waals surface area contributed by atoms with Gasteiger partial charge in [-0.2, -0.15) is 0 Å². The third-order valence-electron chi connectivity index (χ3n) is 10.8. The first-order valence-corrected chi connectivity index (χ1v) is 23.9. The van der Waals surface area contributed by atoms with Crippen molar-refractivity contribution in [1.29, 1.82) is 21.6 Å². The van der Waals surface area contributed by atoms with Gasteiger partial charge in [-0.15, -0.1) is 0 Å². The molecule has 83 heavy (non-hydrogen) atoms. The lowest BCUT2D eigenvalue weighted by atomic mass is 9.99. The van der Waals surface area contributed by atoms with Gasteiger partial charge in [-0.3, -0.25) is 84.2 Å². The molecule has 7 unspecified atom stereocenters. The van der Waals surface area contributed by atoms with E-state index in [-0.39, 0.29) is 36.4 Å². The molecule has 7 atom stereocenters. The molecule has 0 bridgehead atoms. The summed E-state index contributed by atoms with van der Waals surface area (Å²) in [7, 11) is 0. The number of nitrogens with zero attached hydrogens (tertiary/aromatic N) is 2. The maximum Gasteiger partial charge on any atom is 0.317 e. The summed E-state index contributed by atoms with van der Waals surface area (Å²) in [6.45, 7) is -3.49. The Kier molecular flexibility index (Phi) is 25.2. The number of aliphatic hydroxyl groups is 1. The molecule has 0 saturated heterocycles. The van der Waals surface area contributed by atoms with E-state index in [0.717, 1.165) is 9.80 Å². The van der Waals surface area contributed by atoms with Gasteiger partial charge >= 0.3 is 11.9 Å². The van der Waals surface area contributed by atoms with Crippen LogP contribution >= 0.6 is 0 Å². The number of aliphatic carboxylic acids is 2. The van der Waals surface area contributed by atoms with Crippen LogP contribution in [0, 0.1) is 21.6 Å². The van der Waals surface area contributed by atoms with E-state index in [1.807, 2.05) is 42.5 Å². The monoisotopic (exact) mass is 1170 g/mol. The molecule has 0 aliphatic heterocycles. The van der Waals surface area contributed by atoms with E-state index in [1.54, 1.807) is 30.3 Å². The van der Waals surface area contributed by atoms with Crippen LogP contribution < -0.4 is 92.9 Å². The average molecular weight is 1170 g/mol. The van der Waals surface area contributed by atoms with E-state index in [2.05, 4.69) is 16.0 Å². The van der Waals surface area contributed by atoms with Crippen LogP contribution in [0.4, 0.5) is 0 Å². The number of carbonyl (C=O) groups excluding carboxylic acids is 9. The molecule has 31 N–H and O–H groups in total. The molecule has 0 aromatic heterocycles. The molecule has 0 spiro atoms. The van der Waals surface area contributed by atoms with Gasteiger partial charge in [0.25, 0.3) is 35.4 Å². The number of nitrogens with two attached hydrogens (primary N) is 6. The number of phenolic OH excluding ortho intramolecular Hbond substituents is 1. The lowest BCUT2D eigenvalue weighted by Crippen LogP contribution is -2.69. The van der Waals surface area contributed by atoms with E-state index < -0.39 is 158 Å². The fraction of sp³-hybridized carbons (Fsp3) is 0.311. The van der Waals surface area contributed by atoms with Gasteiger partial charge < -0.3 is 113 Å². The van der Waals surface area contributed by atoms with Crippen molar-refractivity contribution in [2.75, 3.05) is 39.3 Å². The Hall–Kier alpha value is -11.0. The summed E-state index contributed by atoms with van der Waals surface area (Å²) in [5.41, 5.74) is 32.3. The maximum atomic E-state index is 14.1. The van der Waals surface area contributed by atoms with Crippen LogP contribution in [0.3, 0.4) is 0 Å². The Morgan fingerprint density at radius 2 is 0.904 bits per heavy atom. The highest BCUT2D eigenvalue weighted by Crippen LogP contribution is 2.28. The number of hydrogen-bond acceptors (Lipinski definition) is 20. The number of carbonyl (C=O) groups is 11. The highest BCUT2D eigenvalue weighted by molar-refractivity contribution is 6.01. The summed E-state index contributed by atoms with van der Waals surface area (Å²) < 4.78 is 0. The van der Waals surface area contributed by atoms with Gasteiger partial charge in [0, 0.05) is 25.1 Å². The van der Waals surface area contributed by atoms with E-state index in [0.29, 0.717) is 10.8 Å². The molecule has 0 radical (unpaired) electrons. The lowest BCUT2D eigenvalue weighted by molar-refractivity contribution is -0.142. The average Bonchev–Trinajstić information content (AvgIpc) is 3.56. The number of aliphatic hydroxyl groups excluding tert-OH is 1. The number of carboxylic acid groups (broad SMARTS) is 2. The molecular weight excluding hydrogens is 1100 g/mol. The van der Waals surface area contributed by atoms with Gasteiger partial charge in [0.15, 0.2) is 60.5 Å². The third-order valence-corrected chi connectivity index (χ3v) is 10.8. The molecule has 3 aromatic carbocycles. The molecule has 0 heterocycles. The van der Waals surface area contributed by atoms with Crippen LogP contribution in [0.1, 0.15) is 17.2 Å². The molecule has 0 fully saturated rings. The number of nitrogens with one attached hydrogen (secondary N) is 15. The van der Waals surface area contributed by atoms with E-state index in [9.17, 15) is 73.2 Å². The zero-order valence-corrected chi connectivity index (χ0v) is 43.5. The predicted molar refractivity (Wildman–Crippen MR) is 287 cm³/mol. The molecule has 0 aliphatic rings. The highest BCUT2D eigenvalue weighted by Gasteiger charge is 2.35. The summed E-state index contributed by atoms with van der Waals surface area (Å²) in [6, 6.07) is 14.9. The number of benzene rings is 3. The molecular formula is C45H63N23O15. The van der Waals surface area contributed by atoms with Crippen molar-refractivity contribution in [3.63, 3.8) is 0 Å². The zero-order valence-electron chi connectivity index (χ0n) is 43.5. The molecule has 38 heteroatoms. The number of Topliss-reactive ketones (excluding diaryl/α,β-unsaturated/α-hetero) is 1. The minimum Gasteiger partial charge on any atom is -0.508 e. The van der Waals surface area contributed by atoms with Crippen LogP contribution in [-0.4, -0.2) is 195 Å². The van der Waals surface area contributed by atoms with E-state index >= 15 is 0 Å². The molecule has 0 saturated carbocycles. The van der Waals surface area contributed by atoms with Crippen molar-refractivity contribution in [3.05, 3.63) is 77.9 Å². The van der Waals surface area contributed by atoms with Crippen molar-refractivity contribution < 1.29 is 73.2 Å². The maximum absolute atomic E-state index is 14.1. The minimum atomic E-state index is -2.48. The fourth-order valence-corrected chi connectivity index (χ4v) is 7.24. The summed E-state index contributed by atoms with van der Waals surface area (Å²) >= 11 is 0. The second kappa shape index (κ2) is 31.6. The highest BCUT2D eigenvalue weighted by atomic mass is 16.4. The molecule has 38 nitrogen and oxygen atoms in total. The molecule has 3 aromatic rings. The summed E-state index contributed by atoms with van der Waals surface area (Å²) in [5.74, 6) is -18.4.